The van der Waals surface area contributed by atoms with Gasteiger partial charge < -0.3 is 24.4 Å². The Hall–Kier alpha value is -2.09. The molecule has 0 spiro atoms. The third-order valence-corrected chi connectivity index (χ3v) is 3.91. The number of aliphatic hydroxyl groups is 2. The van der Waals surface area contributed by atoms with Crippen LogP contribution in [0, 0.1) is 0 Å². The van der Waals surface area contributed by atoms with Crippen LogP contribution in [0.1, 0.15) is 27.6 Å². The lowest BCUT2D eigenvalue weighted by atomic mass is 9.95. The van der Waals surface area contributed by atoms with Crippen molar-refractivity contribution in [1.29, 1.82) is 0 Å². The largest absolute Gasteiger partial charge is 0.394 e. The Balaban J connectivity index is 1.92. The number of ether oxygens (including phenoxy) is 3. The van der Waals surface area contributed by atoms with Crippen LogP contribution in [0.25, 0.3) is 0 Å². The van der Waals surface area contributed by atoms with Crippen LogP contribution in [-0.2, 0) is 14.2 Å². The highest BCUT2D eigenvalue weighted by Crippen LogP contribution is 2.23. The van der Waals surface area contributed by atoms with Crippen molar-refractivity contribution < 1.29 is 29.2 Å². The van der Waals surface area contributed by atoms with Gasteiger partial charge in [-0.3, -0.25) is 4.79 Å². The fourth-order valence-electron chi connectivity index (χ4n) is 2.61. The topological polar surface area (TPSA) is 85.2 Å². The summed E-state index contributed by atoms with van der Waals surface area (Å²) in [6.07, 6.45) is -0.608. The van der Waals surface area contributed by atoms with Gasteiger partial charge in [0.1, 0.15) is 6.10 Å². The van der Waals surface area contributed by atoms with Gasteiger partial charge in [0.05, 0.1) is 46.2 Å². The molecule has 0 saturated carbocycles. The van der Waals surface area contributed by atoms with E-state index in [1.165, 1.54) is 0 Å². The molecule has 2 aromatic rings. The van der Waals surface area contributed by atoms with Gasteiger partial charge >= 0.3 is 0 Å². The molecule has 0 amide bonds. The van der Waals surface area contributed by atoms with E-state index in [0.29, 0.717) is 43.1 Å². The van der Waals surface area contributed by atoms with Gasteiger partial charge in [0, 0.05) is 11.1 Å². The first-order valence-electron chi connectivity index (χ1n) is 8.95. The molecule has 6 heteroatoms. The highest BCUT2D eigenvalue weighted by atomic mass is 16.5. The lowest BCUT2D eigenvalue weighted by Gasteiger charge is -2.19. The Morgan fingerprint density at radius 1 is 0.815 bits per heavy atom. The fourth-order valence-corrected chi connectivity index (χ4v) is 2.61. The maximum Gasteiger partial charge on any atom is 0.193 e. The van der Waals surface area contributed by atoms with E-state index in [4.69, 9.17) is 19.3 Å². The van der Waals surface area contributed by atoms with Gasteiger partial charge in [0.2, 0.25) is 0 Å². The number of ketones is 1. The molecule has 27 heavy (non-hydrogen) atoms. The molecule has 0 saturated heterocycles. The summed E-state index contributed by atoms with van der Waals surface area (Å²) >= 11 is 0. The van der Waals surface area contributed by atoms with Crippen LogP contribution in [0.5, 0.6) is 0 Å². The minimum Gasteiger partial charge on any atom is -0.394 e. The van der Waals surface area contributed by atoms with Gasteiger partial charge in [-0.05, 0) is 5.56 Å². The molecule has 146 valence electrons. The van der Waals surface area contributed by atoms with E-state index in [2.05, 4.69) is 0 Å². The van der Waals surface area contributed by atoms with Crippen LogP contribution < -0.4 is 0 Å². The number of aliphatic hydroxyl groups excluding tert-OH is 2. The van der Waals surface area contributed by atoms with Crippen LogP contribution >= 0.6 is 0 Å². The van der Waals surface area contributed by atoms with Crippen molar-refractivity contribution in [2.45, 2.75) is 6.10 Å². The average molecular weight is 374 g/mol. The molecule has 1 unspecified atom stereocenters. The van der Waals surface area contributed by atoms with Crippen molar-refractivity contribution in [1.82, 2.24) is 0 Å². The van der Waals surface area contributed by atoms with E-state index in [1.807, 2.05) is 24.3 Å². The number of benzene rings is 2. The Morgan fingerprint density at radius 3 is 2.15 bits per heavy atom. The second kappa shape index (κ2) is 12.3. The number of hydrogen-bond donors (Lipinski definition) is 2. The second-order valence-electron chi connectivity index (χ2n) is 5.77. The molecule has 0 heterocycles. The summed E-state index contributed by atoms with van der Waals surface area (Å²) in [5.41, 5.74) is 1.76. The van der Waals surface area contributed by atoms with Crippen LogP contribution in [0.3, 0.4) is 0 Å². The molecule has 6 nitrogen and oxygen atoms in total. The number of carbonyl (C=O) groups is 1. The predicted molar refractivity (Wildman–Crippen MR) is 101 cm³/mol. The van der Waals surface area contributed by atoms with Crippen LogP contribution in [0.2, 0.25) is 0 Å². The van der Waals surface area contributed by atoms with E-state index in [9.17, 15) is 9.90 Å². The molecule has 0 bridgehead atoms. The standard InChI is InChI=1S/C21H26O6/c22-10-11-25-12-13-26-14-15-27-20(16-23)18-8-4-5-9-19(18)21(24)17-6-2-1-3-7-17/h1-9,20,22-23H,10-16H2. The van der Waals surface area contributed by atoms with Gasteiger partial charge in [0.15, 0.2) is 5.78 Å². The SMILES string of the molecule is O=C(c1ccccc1)c1ccccc1C(CO)OCCOCCOCCO. The monoisotopic (exact) mass is 374 g/mol. The van der Waals surface area contributed by atoms with E-state index in [-0.39, 0.29) is 25.6 Å². The third-order valence-electron chi connectivity index (χ3n) is 3.91. The van der Waals surface area contributed by atoms with Crippen LogP contribution in [0.15, 0.2) is 54.6 Å². The molecule has 1 atom stereocenters. The van der Waals surface area contributed by atoms with Gasteiger partial charge in [0.25, 0.3) is 0 Å². The molecular formula is C21H26O6. The van der Waals surface area contributed by atoms with Crippen molar-refractivity contribution in [3.05, 3.63) is 71.3 Å². The zero-order chi connectivity index (χ0) is 19.3. The van der Waals surface area contributed by atoms with Crippen LogP contribution in [0.4, 0.5) is 0 Å². The fraction of sp³-hybridized carbons (Fsp3) is 0.381. The normalized spacial score (nSPS) is 12.1. The Kier molecular flexibility index (Phi) is 9.68. The predicted octanol–water partition coefficient (Wildman–Crippen LogP) is 1.99. The zero-order valence-electron chi connectivity index (χ0n) is 15.3. The molecule has 0 aliphatic rings. The van der Waals surface area contributed by atoms with Crippen molar-refractivity contribution >= 4 is 5.78 Å². The minimum atomic E-state index is -0.608. The Bertz CT molecular complexity index is 673. The number of carbonyl (C=O) groups excluding carboxylic acids is 1. The molecule has 0 aliphatic carbocycles. The summed E-state index contributed by atoms with van der Waals surface area (Å²) in [6, 6.07) is 16.2. The first-order valence-corrected chi connectivity index (χ1v) is 8.95. The minimum absolute atomic E-state index is 0.0115. The first-order chi connectivity index (χ1) is 13.3. The zero-order valence-corrected chi connectivity index (χ0v) is 15.3. The highest BCUT2D eigenvalue weighted by molar-refractivity contribution is 6.09. The van der Waals surface area contributed by atoms with E-state index in [1.54, 1.807) is 30.3 Å². The van der Waals surface area contributed by atoms with Crippen molar-refractivity contribution in [3.63, 3.8) is 0 Å². The summed E-state index contributed by atoms with van der Waals surface area (Å²) in [6.45, 7) is 1.46. The summed E-state index contributed by atoms with van der Waals surface area (Å²) in [5.74, 6) is -0.106. The van der Waals surface area contributed by atoms with E-state index >= 15 is 0 Å². The van der Waals surface area contributed by atoms with Gasteiger partial charge in [-0.15, -0.1) is 0 Å². The second-order valence-corrected chi connectivity index (χ2v) is 5.77. The van der Waals surface area contributed by atoms with Crippen molar-refractivity contribution in [2.75, 3.05) is 46.2 Å². The third kappa shape index (κ3) is 6.86. The maximum atomic E-state index is 12.8. The molecule has 0 radical (unpaired) electrons. The van der Waals surface area contributed by atoms with Gasteiger partial charge in [-0.2, -0.15) is 0 Å². The molecule has 0 aromatic heterocycles. The number of hydrogen-bond acceptors (Lipinski definition) is 6. The average Bonchev–Trinajstić information content (AvgIpc) is 2.73. The van der Waals surface area contributed by atoms with Crippen LogP contribution in [-0.4, -0.2) is 62.2 Å². The summed E-state index contributed by atoms with van der Waals surface area (Å²) in [7, 11) is 0. The molecule has 0 aliphatic heterocycles. The van der Waals surface area contributed by atoms with Gasteiger partial charge in [-0.1, -0.05) is 54.6 Å². The van der Waals surface area contributed by atoms with Gasteiger partial charge in [-0.25, -0.2) is 0 Å². The summed E-state index contributed by atoms with van der Waals surface area (Å²) in [5, 5.41) is 18.3. The Labute approximate surface area is 159 Å². The molecule has 2 rings (SSSR count). The summed E-state index contributed by atoms with van der Waals surface area (Å²) in [4.78, 5) is 12.8. The molecule has 2 N–H and O–H groups in total. The summed E-state index contributed by atoms with van der Waals surface area (Å²) < 4.78 is 16.2. The van der Waals surface area contributed by atoms with Crippen molar-refractivity contribution in [3.8, 4) is 0 Å². The highest BCUT2D eigenvalue weighted by Gasteiger charge is 2.20. The lowest BCUT2D eigenvalue weighted by Crippen LogP contribution is -2.17. The quantitative estimate of drug-likeness (QED) is 0.412. The van der Waals surface area contributed by atoms with Crippen molar-refractivity contribution in [2.24, 2.45) is 0 Å². The molecular weight excluding hydrogens is 348 g/mol. The number of rotatable bonds is 13. The molecule has 0 fully saturated rings. The van der Waals surface area contributed by atoms with E-state index < -0.39 is 6.10 Å². The smallest absolute Gasteiger partial charge is 0.193 e. The lowest BCUT2D eigenvalue weighted by molar-refractivity contribution is -0.0316. The first kappa shape index (κ1) is 21.2. The van der Waals surface area contributed by atoms with E-state index in [0.717, 1.165) is 0 Å². The maximum absolute atomic E-state index is 12.8. The Morgan fingerprint density at radius 2 is 1.44 bits per heavy atom. The molecule has 2 aromatic carbocycles.